The Kier molecular flexibility index (Phi) is 5.70. The molecule has 1 aliphatic rings. The molecule has 0 aliphatic heterocycles. The highest BCUT2D eigenvalue weighted by atomic mass is 79.9. The van der Waals surface area contributed by atoms with Crippen LogP contribution in [0.4, 0.5) is 5.95 Å². The quantitative estimate of drug-likeness (QED) is 0.824. The Morgan fingerprint density at radius 2 is 2.16 bits per heavy atom. The van der Waals surface area contributed by atoms with Crippen molar-refractivity contribution in [1.82, 2.24) is 9.97 Å². The highest BCUT2D eigenvalue weighted by Crippen LogP contribution is 2.31. The minimum absolute atomic E-state index is 0.551. The maximum atomic E-state index is 6.04. The lowest BCUT2D eigenvalue weighted by molar-refractivity contribution is 0.271. The predicted molar refractivity (Wildman–Crippen MR) is 80.9 cm³/mol. The van der Waals surface area contributed by atoms with Gasteiger partial charge in [-0.3, -0.25) is 0 Å². The summed E-state index contributed by atoms with van der Waals surface area (Å²) in [6.45, 7) is 0.877. The molecule has 1 aromatic rings. The molecule has 1 aromatic heterocycles. The monoisotopic (exact) mass is 347 g/mol. The van der Waals surface area contributed by atoms with Crippen LogP contribution in [0.2, 0.25) is 0 Å². The van der Waals surface area contributed by atoms with Crippen LogP contribution >= 0.6 is 27.5 Å². The van der Waals surface area contributed by atoms with Crippen LogP contribution in [0, 0.1) is 11.8 Å². The Morgan fingerprint density at radius 1 is 1.42 bits per heavy atom. The zero-order valence-electron chi connectivity index (χ0n) is 11.0. The summed E-state index contributed by atoms with van der Waals surface area (Å²) in [7, 11) is 1.60. The van der Waals surface area contributed by atoms with Gasteiger partial charge in [0, 0.05) is 12.4 Å². The first-order chi connectivity index (χ1) is 9.24. The van der Waals surface area contributed by atoms with E-state index in [0.717, 1.165) is 16.9 Å². The average Bonchev–Trinajstić information content (AvgIpc) is 2.46. The molecular formula is C13H19BrClN3O. The molecule has 1 aliphatic carbocycles. The third-order valence-corrected chi connectivity index (χ3v) is 4.63. The van der Waals surface area contributed by atoms with Crippen molar-refractivity contribution in [3.05, 3.63) is 10.7 Å². The largest absolute Gasteiger partial charge is 0.480 e. The average molecular weight is 349 g/mol. The van der Waals surface area contributed by atoms with Crippen LogP contribution in [0.25, 0.3) is 0 Å². The first-order valence-corrected chi connectivity index (χ1v) is 7.93. The fourth-order valence-electron chi connectivity index (χ4n) is 2.56. The van der Waals surface area contributed by atoms with Crippen LogP contribution in [-0.2, 0) is 0 Å². The van der Waals surface area contributed by atoms with E-state index in [1.165, 1.54) is 25.7 Å². The standard InChI is InChI=1S/C13H19BrClN3O/c1-19-12-11(14)8-17-13(18-12)16-7-10-5-3-2-4-9(10)6-15/h8-10H,2-7H2,1H3,(H,16,17,18). The van der Waals surface area contributed by atoms with E-state index >= 15 is 0 Å². The smallest absolute Gasteiger partial charge is 0.232 e. The summed E-state index contributed by atoms with van der Waals surface area (Å²) in [6.07, 6.45) is 6.77. The molecule has 4 nitrogen and oxygen atoms in total. The first-order valence-electron chi connectivity index (χ1n) is 6.61. The van der Waals surface area contributed by atoms with E-state index in [1.54, 1.807) is 13.3 Å². The van der Waals surface area contributed by atoms with Gasteiger partial charge in [0.15, 0.2) is 0 Å². The molecule has 0 aromatic carbocycles. The molecule has 6 heteroatoms. The minimum atomic E-state index is 0.551. The number of anilines is 1. The minimum Gasteiger partial charge on any atom is -0.480 e. The molecule has 0 spiro atoms. The van der Waals surface area contributed by atoms with Crippen LogP contribution in [0.3, 0.4) is 0 Å². The molecule has 2 unspecified atom stereocenters. The van der Waals surface area contributed by atoms with Crippen molar-refractivity contribution >= 4 is 33.5 Å². The zero-order valence-corrected chi connectivity index (χ0v) is 13.4. The Labute approximate surface area is 127 Å². The van der Waals surface area contributed by atoms with E-state index in [2.05, 4.69) is 31.2 Å². The van der Waals surface area contributed by atoms with Gasteiger partial charge >= 0.3 is 0 Å². The van der Waals surface area contributed by atoms with E-state index in [0.29, 0.717) is 23.7 Å². The number of aromatic nitrogens is 2. The van der Waals surface area contributed by atoms with Crippen LogP contribution in [0.5, 0.6) is 5.88 Å². The summed E-state index contributed by atoms with van der Waals surface area (Å²) in [4.78, 5) is 8.54. The topological polar surface area (TPSA) is 47.0 Å². The number of nitrogens with one attached hydrogen (secondary N) is 1. The first kappa shape index (κ1) is 14.9. The second kappa shape index (κ2) is 7.29. The summed E-state index contributed by atoms with van der Waals surface area (Å²) in [5.74, 6) is 3.13. The maximum Gasteiger partial charge on any atom is 0.232 e. The van der Waals surface area contributed by atoms with Crippen molar-refractivity contribution in [3.8, 4) is 5.88 Å². The van der Waals surface area contributed by atoms with Crippen LogP contribution < -0.4 is 10.1 Å². The summed E-state index contributed by atoms with van der Waals surface area (Å²) < 4.78 is 5.92. The van der Waals surface area contributed by atoms with Gasteiger partial charge in [0.25, 0.3) is 0 Å². The molecule has 2 rings (SSSR count). The molecule has 1 N–H and O–H groups in total. The Balaban J connectivity index is 1.94. The third kappa shape index (κ3) is 3.96. The van der Waals surface area contributed by atoms with Gasteiger partial charge in [0.05, 0.1) is 17.8 Å². The van der Waals surface area contributed by atoms with E-state index in [1.807, 2.05) is 0 Å². The van der Waals surface area contributed by atoms with Gasteiger partial charge < -0.3 is 10.1 Å². The lowest BCUT2D eigenvalue weighted by Crippen LogP contribution is -2.27. The fourth-order valence-corrected chi connectivity index (χ4v) is 3.32. The van der Waals surface area contributed by atoms with Gasteiger partial charge in [-0.1, -0.05) is 12.8 Å². The van der Waals surface area contributed by atoms with E-state index < -0.39 is 0 Å². The molecule has 106 valence electrons. The number of nitrogens with zero attached hydrogens (tertiary/aromatic N) is 2. The second-order valence-electron chi connectivity index (χ2n) is 4.89. The molecule has 0 bridgehead atoms. The van der Waals surface area contributed by atoms with Crippen molar-refractivity contribution in [2.45, 2.75) is 25.7 Å². The van der Waals surface area contributed by atoms with Gasteiger partial charge in [-0.15, -0.1) is 11.6 Å². The molecule has 1 fully saturated rings. The van der Waals surface area contributed by atoms with Gasteiger partial charge in [-0.05, 0) is 40.6 Å². The van der Waals surface area contributed by atoms with Gasteiger partial charge in [0.2, 0.25) is 11.8 Å². The third-order valence-electron chi connectivity index (χ3n) is 3.69. The number of hydrogen-bond donors (Lipinski definition) is 1. The molecule has 2 atom stereocenters. The summed E-state index contributed by atoms with van der Waals surface area (Å²) >= 11 is 9.38. The summed E-state index contributed by atoms with van der Waals surface area (Å²) in [5.41, 5.74) is 0. The van der Waals surface area contributed by atoms with Gasteiger partial charge in [-0.2, -0.15) is 4.98 Å². The van der Waals surface area contributed by atoms with E-state index in [9.17, 15) is 0 Å². The Morgan fingerprint density at radius 3 is 2.84 bits per heavy atom. The molecule has 0 saturated heterocycles. The molecule has 19 heavy (non-hydrogen) atoms. The second-order valence-corrected chi connectivity index (χ2v) is 6.05. The van der Waals surface area contributed by atoms with Crippen molar-refractivity contribution < 1.29 is 4.74 Å². The lowest BCUT2D eigenvalue weighted by Gasteiger charge is -2.30. The summed E-state index contributed by atoms with van der Waals surface area (Å²) in [5, 5.41) is 3.30. The highest BCUT2D eigenvalue weighted by molar-refractivity contribution is 9.10. The number of hydrogen-bond acceptors (Lipinski definition) is 4. The van der Waals surface area contributed by atoms with Gasteiger partial charge in [-0.25, -0.2) is 4.98 Å². The number of methoxy groups -OCH3 is 1. The Bertz CT molecular complexity index is 419. The zero-order chi connectivity index (χ0) is 13.7. The van der Waals surface area contributed by atoms with Crippen molar-refractivity contribution in [3.63, 3.8) is 0 Å². The van der Waals surface area contributed by atoms with Crippen LogP contribution in [0.15, 0.2) is 10.7 Å². The fraction of sp³-hybridized carbons (Fsp3) is 0.692. The van der Waals surface area contributed by atoms with Crippen molar-refractivity contribution in [1.29, 1.82) is 0 Å². The number of alkyl halides is 1. The van der Waals surface area contributed by atoms with Crippen molar-refractivity contribution in [2.75, 3.05) is 24.9 Å². The molecule has 0 amide bonds. The normalized spacial score (nSPS) is 23.1. The predicted octanol–water partition coefficient (Wildman–Crippen LogP) is 3.70. The molecule has 0 radical (unpaired) electrons. The number of rotatable bonds is 5. The van der Waals surface area contributed by atoms with Crippen LogP contribution in [0.1, 0.15) is 25.7 Å². The molecule has 1 heterocycles. The number of ether oxygens (including phenoxy) is 1. The molecule has 1 saturated carbocycles. The van der Waals surface area contributed by atoms with E-state index in [4.69, 9.17) is 16.3 Å². The van der Waals surface area contributed by atoms with Crippen LogP contribution in [-0.4, -0.2) is 29.5 Å². The summed E-state index contributed by atoms with van der Waals surface area (Å²) in [6, 6.07) is 0. The molecular weight excluding hydrogens is 330 g/mol. The van der Waals surface area contributed by atoms with Crippen molar-refractivity contribution in [2.24, 2.45) is 11.8 Å². The lowest BCUT2D eigenvalue weighted by atomic mass is 9.80. The Hall–Kier alpha value is -0.550. The highest BCUT2D eigenvalue weighted by Gasteiger charge is 2.24. The van der Waals surface area contributed by atoms with E-state index in [-0.39, 0.29) is 0 Å². The SMILES string of the molecule is COc1nc(NCC2CCCCC2CCl)ncc1Br. The maximum absolute atomic E-state index is 6.04. The number of halogens is 2. The van der Waals surface area contributed by atoms with Gasteiger partial charge in [0.1, 0.15) is 0 Å².